The van der Waals surface area contributed by atoms with E-state index in [9.17, 15) is 29.2 Å². The lowest BCUT2D eigenvalue weighted by molar-refractivity contribution is -0.384. The van der Waals surface area contributed by atoms with Crippen LogP contribution in [0.15, 0.2) is 36.4 Å². The minimum absolute atomic E-state index is 0.0583. The zero-order valence-electron chi connectivity index (χ0n) is 18.9. The summed E-state index contributed by atoms with van der Waals surface area (Å²) in [5, 5.41) is 21.1. The smallest absolute Gasteiger partial charge is 0.270 e. The van der Waals surface area contributed by atoms with Crippen molar-refractivity contribution in [2.45, 2.75) is 25.8 Å². The van der Waals surface area contributed by atoms with E-state index in [1.807, 2.05) is 9.80 Å². The minimum Gasteiger partial charge on any atom is -0.394 e. The van der Waals surface area contributed by atoms with E-state index in [0.717, 1.165) is 12.8 Å². The summed E-state index contributed by atoms with van der Waals surface area (Å²) >= 11 is 0. The van der Waals surface area contributed by atoms with Crippen LogP contribution in [0.3, 0.4) is 0 Å². The van der Waals surface area contributed by atoms with Gasteiger partial charge in [0.15, 0.2) is 5.78 Å². The van der Waals surface area contributed by atoms with Gasteiger partial charge >= 0.3 is 0 Å². The largest absolute Gasteiger partial charge is 0.394 e. The van der Waals surface area contributed by atoms with Crippen molar-refractivity contribution in [1.82, 2.24) is 4.90 Å². The fraction of sp³-hybridized carbons (Fsp3) is 0.417. The Morgan fingerprint density at radius 2 is 1.79 bits per heavy atom. The molecular formula is C24H27FN4O5. The summed E-state index contributed by atoms with van der Waals surface area (Å²) in [7, 11) is 0. The third kappa shape index (κ3) is 4.58. The van der Waals surface area contributed by atoms with Gasteiger partial charge in [0.25, 0.3) is 11.6 Å². The predicted molar refractivity (Wildman–Crippen MR) is 125 cm³/mol. The number of Topliss-reactive ketones (excluding diaryl/α,β-unsaturated/α-hetero) is 1. The van der Waals surface area contributed by atoms with Gasteiger partial charge < -0.3 is 19.8 Å². The van der Waals surface area contributed by atoms with Gasteiger partial charge in [-0.15, -0.1) is 0 Å². The second kappa shape index (κ2) is 9.76. The molecule has 0 saturated carbocycles. The van der Waals surface area contributed by atoms with E-state index in [4.69, 9.17) is 0 Å². The average Bonchev–Trinajstić information content (AvgIpc) is 3.32. The van der Waals surface area contributed by atoms with Crippen LogP contribution in [0.5, 0.6) is 0 Å². The highest BCUT2D eigenvalue weighted by Gasteiger charge is 2.31. The van der Waals surface area contributed by atoms with E-state index >= 15 is 0 Å². The van der Waals surface area contributed by atoms with Crippen LogP contribution < -0.4 is 9.80 Å². The number of carbonyl (C=O) groups is 2. The third-order valence-electron chi connectivity index (χ3n) is 6.58. The zero-order valence-corrected chi connectivity index (χ0v) is 18.9. The van der Waals surface area contributed by atoms with E-state index in [-0.39, 0.29) is 35.6 Å². The first-order valence-corrected chi connectivity index (χ1v) is 11.3. The first kappa shape index (κ1) is 23.6. The Morgan fingerprint density at radius 3 is 2.41 bits per heavy atom. The Hall–Kier alpha value is -3.53. The average molecular weight is 471 g/mol. The van der Waals surface area contributed by atoms with Crippen LogP contribution in [0.1, 0.15) is 40.5 Å². The number of nitro groups is 1. The standard InChI is InChI=1S/C24H27FN4O5/c1-16(31)17-4-6-23(21(25)13-17)26-9-11-27(12-10-26)24(32)20-14-18(29(33)34)5-7-22(20)28-8-2-3-19(28)15-30/h4-7,13-14,19,30H,2-3,8-12,15H2,1H3/t19-/m0/s1. The van der Waals surface area contributed by atoms with E-state index < -0.39 is 10.7 Å². The summed E-state index contributed by atoms with van der Waals surface area (Å²) in [5.41, 5.74) is 1.32. The van der Waals surface area contributed by atoms with Gasteiger partial charge in [0.1, 0.15) is 5.82 Å². The quantitative estimate of drug-likeness (QED) is 0.393. The number of benzene rings is 2. The molecule has 34 heavy (non-hydrogen) atoms. The number of anilines is 2. The first-order valence-electron chi connectivity index (χ1n) is 11.3. The lowest BCUT2D eigenvalue weighted by Crippen LogP contribution is -2.49. The molecule has 2 aromatic rings. The number of hydrogen-bond acceptors (Lipinski definition) is 7. The zero-order chi connectivity index (χ0) is 24.4. The van der Waals surface area contributed by atoms with Gasteiger partial charge in [-0.2, -0.15) is 0 Å². The molecule has 0 aromatic heterocycles. The van der Waals surface area contributed by atoms with E-state index in [1.165, 1.54) is 25.1 Å². The van der Waals surface area contributed by atoms with Crippen molar-refractivity contribution in [3.8, 4) is 0 Å². The highest BCUT2D eigenvalue weighted by atomic mass is 19.1. The molecule has 2 aliphatic heterocycles. The van der Waals surface area contributed by atoms with Gasteiger partial charge in [0, 0.05) is 50.4 Å². The Bertz CT molecular complexity index is 1120. The van der Waals surface area contributed by atoms with Crippen molar-refractivity contribution >= 4 is 28.8 Å². The molecular weight excluding hydrogens is 443 g/mol. The van der Waals surface area contributed by atoms with Crippen LogP contribution in [0.2, 0.25) is 0 Å². The Kier molecular flexibility index (Phi) is 6.78. The van der Waals surface area contributed by atoms with Gasteiger partial charge in [0.2, 0.25) is 0 Å². The normalized spacial score (nSPS) is 18.3. The molecule has 0 spiro atoms. The number of amides is 1. The molecule has 0 unspecified atom stereocenters. The topological polar surface area (TPSA) is 107 Å². The molecule has 0 aliphatic carbocycles. The van der Waals surface area contributed by atoms with E-state index in [0.29, 0.717) is 49.7 Å². The first-order chi connectivity index (χ1) is 16.3. The van der Waals surface area contributed by atoms with Gasteiger partial charge in [-0.1, -0.05) is 0 Å². The summed E-state index contributed by atoms with van der Waals surface area (Å²) in [5.74, 6) is -1.03. The molecule has 10 heteroatoms. The number of aliphatic hydroxyl groups excluding tert-OH is 1. The van der Waals surface area contributed by atoms with Crippen LogP contribution in [-0.4, -0.2) is 72.0 Å². The van der Waals surface area contributed by atoms with Crippen LogP contribution >= 0.6 is 0 Å². The Balaban J connectivity index is 1.54. The number of rotatable bonds is 6. The summed E-state index contributed by atoms with van der Waals surface area (Å²) < 4.78 is 14.6. The number of halogens is 1. The third-order valence-corrected chi connectivity index (χ3v) is 6.58. The summed E-state index contributed by atoms with van der Waals surface area (Å²) in [6.45, 7) is 3.39. The van der Waals surface area contributed by atoms with Gasteiger partial charge in [-0.05, 0) is 44.0 Å². The van der Waals surface area contributed by atoms with Crippen LogP contribution in [-0.2, 0) is 0 Å². The highest BCUT2D eigenvalue weighted by molar-refractivity contribution is 6.01. The Morgan fingerprint density at radius 1 is 1.09 bits per heavy atom. The highest BCUT2D eigenvalue weighted by Crippen LogP contribution is 2.32. The molecule has 2 saturated heterocycles. The predicted octanol–water partition coefficient (Wildman–Crippen LogP) is 2.86. The maximum Gasteiger partial charge on any atom is 0.270 e. The molecule has 2 aromatic carbocycles. The monoisotopic (exact) mass is 470 g/mol. The molecule has 180 valence electrons. The summed E-state index contributed by atoms with van der Waals surface area (Å²) in [4.78, 5) is 41.2. The summed E-state index contributed by atoms with van der Waals surface area (Å²) in [6, 6.07) is 8.51. The van der Waals surface area contributed by atoms with Crippen LogP contribution in [0.4, 0.5) is 21.5 Å². The molecule has 0 bridgehead atoms. The number of nitrogens with zero attached hydrogens (tertiary/aromatic N) is 4. The van der Waals surface area contributed by atoms with Crippen molar-refractivity contribution in [2.24, 2.45) is 0 Å². The lowest BCUT2D eigenvalue weighted by atomic mass is 10.1. The molecule has 0 radical (unpaired) electrons. The van der Waals surface area contributed by atoms with E-state index in [1.54, 1.807) is 23.1 Å². The lowest BCUT2D eigenvalue weighted by Gasteiger charge is -2.37. The SMILES string of the molecule is CC(=O)c1ccc(N2CCN(C(=O)c3cc([N+](=O)[O-])ccc3N3CCC[C@H]3CO)CC2)c(F)c1. The second-order valence-corrected chi connectivity index (χ2v) is 8.63. The maximum atomic E-state index is 14.6. The van der Waals surface area contributed by atoms with Crippen molar-refractivity contribution in [2.75, 3.05) is 49.1 Å². The number of piperazine rings is 1. The van der Waals surface area contributed by atoms with Crippen LogP contribution in [0, 0.1) is 15.9 Å². The van der Waals surface area contributed by atoms with Crippen molar-refractivity contribution in [3.63, 3.8) is 0 Å². The number of aliphatic hydroxyl groups is 1. The van der Waals surface area contributed by atoms with Gasteiger partial charge in [-0.3, -0.25) is 19.7 Å². The molecule has 1 N–H and O–H groups in total. The fourth-order valence-electron chi connectivity index (χ4n) is 4.71. The second-order valence-electron chi connectivity index (χ2n) is 8.63. The van der Waals surface area contributed by atoms with Crippen molar-refractivity contribution in [1.29, 1.82) is 0 Å². The number of nitro benzene ring substituents is 1. The number of hydrogen-bond donors (Lipinski definition) is 1. The van der Waals surface area contributed by atoms with Gasteiger partial charge in [-0.25, -0.2) is 4.39 Å². The fourth-order valence-corrected chi connectivity index (χ4v) is 4.71. The number of ketones is 1. The van der Waals surface area contributed by atoms with E-state index in [2.05, 4.69) is 0 Å². The maximum absolute atomic E-state index is 14.6. The number of carbonyl (C=O) groups excluding carboxylic acids is 2. The molecule has 2 heterocycles. The molecule has 2 aliphatic rings. The van der Waals surface area contributed by atoms with Crippen LogP contribution in [0.25, 0.3) is 0 Å². The molecule has 1 amide bonds. The molecule has 9 nitrogen and oxygen atoms in total. The molecule has 2 fully saturated rings. The van der Waals surface area contributed by atoms with Crippen molar-refractivity contribution < 1.29 is 24.0 Å². The van der Waals surface area contributed by atoms with Crippen molar-refractivity contribution in [3.05, 3.63) is 63.5 Å². The molecule has 1 atom stereocenters. The minimum atomic E-state index is -0.528. The summed E-state index contributed by atoms with van der Waals surface area (Å²) in [6.07, 6.45) is 1.65. The van der Waals surface area contributed by atoms with Gasteiger partial charge in [0.05, 0.1) is 34.5 Å². The Labute approximate surface area is 196 Å². The number of non-ortho nitro benzene ring substituents is 1. The molecule has 4 rings (SSSR count).